The van der Waals surface area contributed by atoms with E-state index in [-0.39, 0.29) is 6.10 Å². The third kappa shape index (κ3) is 1.34. The highest BCUT2D eigenvalue weighted by molar-refractivity contribution is 5.23. The summed E-state index contributed by atoms with van der Waals surface area (Å²) in [4.78, 5) is 0. The zero-order valence-corrected chi connectivity index (χ0v) is 6.97. The van der Waals surface area contributed by atoms with Gasteiger partial charge in [-0.2, -0.15) is 0 Å². The van der Waals surface area contributed by atoms with Crippen LogP contribution in [0.15, 0.2) is 11.1 Å². The average Bonchev–Trinajstić information content (AvgIpc) is 2.55. The van der Waals surface area contributed by atoms with Crippen molar-refractivity contribution < 1.29 is 5.11 Å². The molecule has 0 aromatic rings. The maximum Gasteiger partial charge on any atom is 0.0752 e. The standard InChI is InChI=1S/C10H16O/c11-10-7-3-6-9(10)8-4-1-2-5-8/h10-11H,1-7H2/t10-/m1/s1. The fourth-order valence-electron chi connectivity index (χ4n) is 2.36. The van der Waals surface area contributed by atoms with E-state index in [9.17, 15) is 5.11 Å². The Balaban J connectivity index is 2.16. The van der Waals surface area contributed by atoms with E-state index in [0.29, 0.717) is 0 Å². The summed E-state index contributed by atoms with van der Waals surface area (Å²) in [6.45, 7) is 0. The van der Waals surface area contributed by atoms with Crippen molar-refractivity contribution in [2.75, 3.05) is 0 Å². The molecule has 0 saturated heterocycles. The first-order valence-corrected chi connectivity index (χ1v) is 4.77. The largest absolute Gasteiger partial charge is 0.389 e. The molecule has 0 bridgehead atoms. The second-order valence-corrected chi connectivity index (χ2v) is 3.74. The lowest BCUT2D eigenvalue weighted by atomic mass is 10.0. The van der Waals surface area contributed by atoms with Gasteiger partial charge in [0.2, 0.25) is 0 Å². The molecule has 0 amide bonds. The summed E-state index contributed by atoms with van der Waals surface area (Å²) in [7, 11) is 0. The Bertz CT molecular complexity index is 173. The fourth-order valence-corrected chi connectivity index (χ4v) is 2.36. The van der Waals surface area contributed by atoms with Gasteiger partial charge in [-0.3, -0.25) is 0 Å². The molecule has 2 aliphatic carbocycles. The van der Waals surface area contributed by atoms with Crippen molar-refractivity contribution in [2.24, 2.45) is 0 Å². The van der Waals surface area contributed by atoms with E-state index in [2.05, 4.69) is 0 Å². The van der Waals surface area contributed by atoms with Crippen molar-refractivity contribution in [1.29, 1.82) is 0 Å². The maximum atomic E-state index is 9.59. The molecule has 11 heavy (non-hydrogen) atoms. The van der Waals surface area contributed by atoms with E-state index in [1.54, 1.807) is 5.57 Å². The van der Waals surface area contributed by atoms with Gasteiger partial charge < -0.3 is 5.11 Å². The Morgan fingerprint density at radius 2 is 1.73 bits per heavy atom. The minimum absolute atomic E-state index is 0.0666. The SMILES string of the molecule is O[C@@H]1CCCC1=C1CCCC1. The molecule has 2 aliphatic rings. The van der Waals surface area contributed by atoms with Crippen LogP contribution < -0.4 is 0 Å². The molecule has 1 heteroatoms. The summed E-state index contributed by atoms with van der Waals surface area (Å²) >= 11 is 0. The minimum Gasteiger partial charge on any atom is -0.389 e. The van der Waals surface area contributed by atoms with Crippen LogP contribution in [-0.2, 0) is 0 Å². The third-order valence-corrected chi connectivity index (χ3v) is 2.99. The number of hydrogen-bond donors (Lipinski definition) is 1. The van der Waals surface area contributed by atoms with Crippen LogP contribution in [0.5, 0.6) is 0 Å². The molecule has 0 unspecified atom stereocenters. The fraction of sp³-hybridized carbons (Fsp3) is 0.800. The first kappa shape index (κ1) is 7.35. The molecule has 0 aliphatic heterocycles. The quantitative estimate of drug-likeness (QED) is 0.528. The Kier molecular flexibility index (Phi) is 1.99. The highest BCUT2D eigenvalue weighted by Gasteiger charge is 2.22. The molecule has 1 nitrogen and oxygen atoms in total. The van der Waals surface area contributed by atoms with E-state index in [1.165, 1.54) is 44.1 Å². The zero-order chi connectivity index (χ0) is 7.68. The van der Waals surface area contributed by atoms with Crippen molar-refractivity contribution in [2.45, 2.75) is 51.0 Å². The Morgan fingerprint density at radius 1 is 1.00 bits per heavy atom. The van der Waals surface area contributed by atoms with Gasteiger partial charge in [0.15, 0.2) is 0 Å². The number of aliphatic hydroxyl groups is 1. The predicted octanol–water partition coefficient (Wildman–Crippen LogP) is 2.40. The van der Waals surface area contributed by atoms with Crippen LogP contribution in [-0.4, -0.2) is 11.2 Å². The summed E-state index contributed by atoms with van der Waals surface area (Å²) in [5.74, 6) is 0. The third-order valence-electron chi connectivity index (χ3n) is 2.99. The van der Waals surface area contributed by atoms with Crippen LogP contribution in [0.4, 0.5) is 0 Å². The van der Waals surface area contributed by atoms with Gasteiger partial charge in [-0.1, -0.05) is 5.57 Å². The van der Waals surface area contributed by atoms with E-state index >= 15 is 0 Å². The van der Waals surface area contributed by atoms with Crippen molar-refractivity contribution in [1.82, 2.24) is 0 Å². The Hall–Kier alpha value is -0.300. The van der Waals surface area contributed by atoms with Crippen LogP contribution in [0.2, 0.25) is 0 Å². The summed E-state index contributed by atoms with van der Waals surface area (Å²) < 4.78 is 0. The molecule has 2 saturated carbocycles. The molecule has 0 aromatic heterocycles. The highest BCUT2D eigenvalue weighted by Crippen LogP contribution is 2.35. The summed E-state index contributed by atoms with van der Waals surface area (Å²) in [5, 5.41) is 9.59. The van der Waals surface area contributed by atoms with Crippen LogP contribution in [0.1, 0.15) is 44.9 Å². The van der Waals surface area contributed by atoms with Crippen LogP contribution in [0.3, 0.4) is 0 Å². The van der Waals surface area contributed by atoms with Gasteiger partial charge in [-0.15, -0.1) is 0 Å². The van der Waals surface area contributed by atoms with Crippen LogP contribution in [0, 0.1) is 0 Å². The van der Waals surface area contributed by atoms with Crippen LogP contribution in [0.25, 0.3) is 0 Å². The number of allylic oxidation sites excluding steroid dienone is 1. The molecule has 62 valence electrons. The second kappa shape index (κ2) is 2.98. The van der Waals surface area contributed by atoms with Crippen LogP contribution >= 0.6 is 0 Å². The predicted molar refractivity (Wildman–Crippen MR) is 45.4 cm³/mol. The lowest BCUT2D eigenvalue weighted by molar-refractivity contribution is 0.216. The average molecular weight is 152 g/mol. The molecule has 0 spiro atoms. The molecule has 0 heterocycles. The number of rotatable bonds is 0. The summed E-state index contributed by atoms with van der Waals surface area (Å²) in [6, 6.07) is 0. The maximum absolute atomic E-state index is 9.59. The van der Waals surface area contributed by atoms with Crippen molar-refractivity contribution in [3.8, 4) is 0 Å². The molecular weight excluding hydrogens is 136 g/mol. The molecule has 1 atom stereocenters. The van der Waals surface area contributed by atoms with Gasteiger partial charge in [0, 0.05) is 0 Å². The monoisotopic (exact) mass is 152 g/mol. The smallest absolute Gasteiger partial charge is 0.0752 e. The lowest BCUT2D eigenvalue weighted by Crippen LogP contribution is -2.03. The van der Waals surface area contributed by atoms with Crippen molar-refractivity contribution in [3.63, 3.8) is 0 Å². The minimum atomic E-state index is -0.0666. The normalized spacial score (nSPS) is 31.9. The van der Waals surface area contributed by atoms with Gasteiger partial charge >= 0.3 is 0 Å². The van der Waals surface area contributed by atoms with E-state index in [4.69, 9.17) is 0 Å². The lowest BCUT2D eigenvalue weighted by Gasteiger charge is -2.07. The first-order chi connectivity index (χ1) is 5.38. The highest BCUT2D eigenvalue weighted by atomic mass is 16.3. The Labute approximate surface area is 68.1 Å². The van der Waals surface area contributed by atoms with E-state index in [0.717, 1.165) is 6.42 Å². The van der Waals surface area contributed by atoms with Gasteiger partial charge in [0.1, 0.15) is 0 Å². The summed E-state index contributed by atoms with van der Waals surface area (Å²) in [6.07, 6.45) is 8.58. The molecular formula is C10H16O. The Morgan fingerprint density at radius 3 is 2.27 bits per heavy atom. The zero-order valence-electron chi connectivity index (χ0n) is 6.97. The number of hydrogen-bond acceptors (Lipinski definition) is 1. The van der Waals surface area contributed by atoms with Gasteiger partial charge in [0.25, 0.3) is 0 Å². The molecule has 0 radical (unpaired) electrons. The topological polar surface area (TPSA) is 20.2 Å². The van der Waals surface area contributed by atoms with Gasteiger partial charge in [0.05, 0.1) is 6.10 Å². The van der Waals surface area contributed by atoms with Gasteiger partial charge in [-0.25, -0.2) is 0 Å². The van der Waals surface area contributed by atoms with E-state index < -0.39 is 0 Å². The van der Waals surface area contributed by atoms with Gasteiger partial charge in [-0.05, 0) is 50.5 Å². The van der Waals surface area contributed by atoms with Crippen molar-refractivity contribution >= 4 is 0 Å². The molecule has 0 aromatic carbocycles. The molecule has 2 rings (SSSR count). The van der Waals surface area contributed by atoms with E-state index in [1.807, 2.05) is 0 Å². The number of aliphatic hydroxyl groups excluding tert-OH is 1. The second-order valence-electron chi connectivity index (χ2n) is 3.74. The van der Waals surface area contributed by atoms with Crippen molar-refractivity contribution in [3.05, 3.63) is 11.1 Å². The molecule has 1 N–H and O–H groups in total. The first-order valence-electron chi connectivity index (χ1n) is 4.77. The summed E-state index contributed by atoms with van der Waals surface area (Å²) in [5.41, 5.74) is 3.00. The molecule has 2 fully saturated rings.